The molecule has 0 aliphatic heterocycles. The van der Waals surface area contributed by atoms with Crippen molar-refractivity contribution in [3.8, 4) is 5.82 Å². The first kappa shape index (κ1) is 16.0. The summed E-state index contributed by atoms with van der Waals surface area (Å²) < 4.78 is 1.96. The Morgan fingerprint density at radius 1 is 1.32 bits per heavy atom. The number of aryl methyl sites for hydroxylation is 1. The smallest absolute Gasteiger partial charge is 0.191 e. The lowest BCUT2D eigenvalue weighted by Gasteiger charge is -2.13. The molecular weight excluding hydrogens is 276 g/mol. The van der Waals surface area contributed by atoms with Crippen LogP contribution in [-0.4, -0.2) is 33.1 Å². The largest absolute Gasteiger partial charge is 0.357 e. The zero-order chi connectivity index (χ0) is 15.9. The van der Waals surface area contributed by atoms with Gasteiger partial charge in [0.15, 0.2) is 5.96 Å². The van der Waals surface area contributed by atoms with Crippen molar-refractivity contribution in [2.24, 2.45) is 4.99 Å². The van der Waals surface area contributed by atoms with E-state index < -0.39 is 0 Å². The van der Waals surface area contributed by atoms with Crippen molar-refractivity contribution in [3.05, 3.63) is 42.1 Å². The maximum atomic E-state index is 4.57. The van der Waals surface area contributed by atoms with E-state index in [0.29, 0.717) is 12.6 Å². The summed E-state index contributed by atoms with van der Waals surface area (Å²) in [5, 5.41) is 6.53. The van der Waals surface area contributed by atoms with Gasteiger partial charge in [-0.1, -0.05) is 6.07 Å². The normalized spacial score (nSPS) is 11.8. The van der Waals surface area contributed by atoms with E-state index in [1.807, 2.05) is 36.0 Å². The van der Waals surface area contributed by atoms with Gasteiger partial charge in [0.1, 0.15) is 11.6 Å². The van der Waals surface area contributed by atoms with Crippen LogP contribution in [-0.2, 0) is 6.54 Å². The van der Waals surface area contributed by atoms with Crippen molar-refractivity contribution in [3.63, 3.8) is 0 Å². The Balaban J connectivity index is 2.05. The minimum atomic E-state index is 0.350. The molecule has 0 aromatic carbocycles. The number of hydrogen-bond donors (Lipinski definition) is 2. The fourth-order valence-electron chi connectivity index (χ4n) is 2.04. The quantitative estimate of drug-likeness (QED) is 0.655. The molecule has 0 atom stereocenters. The maximum absolute atomic E-state index is 4.57. The number of aromatic nitrogens is 3. The first-order chi connectivity index (χ1) is 10.6. The molecule has 0 aliphatic rings. The second-order valence-electron chi connectivity index (χ2n) is 5.36. The molecule has 22 heavy (non-hydrogen) atoms. The Morgan fingerprint density at radius 2 is 2.14 bits per heavy atom. The van der Waals surface area contributed by atoms with Gasteiger partial charge >= 0.3 is 0 Å². The van der Waals surface area contributed by atoms with Crippen LogP contribution in [0.4, 0.5) is 0 Å². The predicted octanol–water partition coefficient (Wildman–Crippen LogP) is 2.04. The molecule has 0 fully saturated rings. The van der Waals surface area contributed by atoms with Crippen molar-refractivity contribution >= 4 is 5.96 Å². The van der Waals surface area contributed by atoms with Gasteiger partial charge in [0, 0.05) is 31.2 Å². The van der Waals surface area contributed by atoms with E-state index in [0.717, 1.165) is 29.7 Å². The molecule has 0 bridgehead atoms. The molecule has 2 rings (SSSR count). The summed E-state index contributed by atoms with van der Waals surface area (Å²) in [7, 11) is 0. The van der Waals surface area contributed by atoms with E-state index >= 15 is 0 Å². The van der Waals surface area contributed by atoms with Gasteiger partial charge in [0.05, 0.1) is 6.54 Å². The zero-order valence-corrected chi connectivity index (χ0v) is 13.7. The van der Waals surface area contributed by atoms with Gasteiger partial charge in [-0.25, -0.2) is 15.0 Å². The van der Waals surface area contributed by atoms with Gasteiger partial charge < -0.3 is 10.6 Å². The van der Waals surface area contributed by atoms with Gasteiger partial charge in [0.25, 0.3) is 0 Å². The Morgan fingerprint density at radius 3 is 2.68 bits per heavy atom. The molecule has 0 spiro atoms. The summed E-state index contributed by atoms with van der Waals surface area (Å²) in [6, 6.07) is 4.38. The minimum absolute atomic E-state index is 0.350. The maximum Gasteiger partial charge on any atom is 0.191 e. The average Bonchev–Trinajstić information content (AvgIpc) is 2.91. The van der Waals surface area contributed by atoms with Crippen LogP contribution in [0.25, 0.3) is 5.82 Å². The third kappa shape index (κ3) is 4.31. The van der Waals surface area contributed by atoms with Crippen LogP contribution in [0.2, 0.25) is 0 Å². The second kappa shape index (κ2) is 7.59. The molecule has 2 aromatic rings. The summed E-state index contributed by atoms with van der Waals surface area (Å²) in [6.45, 7) is 9.64. The number of guanidine groups is 1. The number of nitrogens with one attached hydrogen (secondary N) is 2. The predicted molar refractivity (Wildman–Crippen MR) is 89.2 cm³/mol. The van der Waals surface area contributed by atoms with Gasteiger partial charge in [0.2, 0.25) is 0 Å². The SMILES string of the molecule is CCNC(=NCc1ccc(-n2ccnc2C)nc1)NC(C)C. The number of imidazole rings is 1. The molecule has 0 radical (unpaired) electrons. The standard InChI is InChI=1S/C16H24N6/c1-5-17-16(21-12(2)3)20-11-14-6-7-15(19-10-14)22-9-8-18-13(22)4/h6-10,12H,5,11H2,1-4H3,(H2,17,20,21). The van der Waals surface area contributed by atoms with Gasteiger partial charge in [-0.3, -0.25) is 4.57 Å². The fraction of sp³-hybridized carbons (Fsp3) is 0.438. The highest BCUT2D eigenvalue weighted by Gasteiger charge is 2.03. The van der Waals surface area contributed by atoms with Crippen molar-refractivity contribution < 1.29 is 0 Å². The highest BCUT2D eigenvalue weighted by Crippen LogP contribution is 2.08. The number of aliphatic imine (C=N–C) groups is 1. The number of nitrogens with zero attached hydrogens (tertiary/aromatic N) is 4. The average molecular weight is 300 g/mol. The third-order valence-corrected chi connectivity index (χ3v) is 3.07. The van der Waals surface area contributed by atoms with E-state index in [9.17, 15) is 0 Å². The molecule has 0 amide bonds. The van der Waals surface area contributed by atoms with Crippen LogP contribution in [0.15, 0.2) is 35.7 Å². The van der Waals surface area contributed by atoms with Gasteiger partial charge in [-0.05, 0) is 39.3 Å². The minimum Gasteiger partial charge on any atom is -0.357 e. The molecule has 6 heteroatoms. The summed E-state index contributed by atoms with van der Waals surface area (Å²) in [5.74, 6) is 2.62. The Hall–Kier alpha value is -2.37. The van der Waals surface area contributed by atoms with Crippen LogP contribution in [0.3, 0.4) is 0 Å². The van der Waals surface area contributed by atoms with Crippen LogP contribution in [0, 0.1) is 6.92 Å². The molecule has 0 unspecified atom stereocenters. The lowest BCUT2D eigenvalue weighted by molar-refractivity contribution is 0.700. The molecule has 0 saturated heterocycles. The van der Waals surface area contributed by atoms with Gasteiger partial charge in [-0.15, -0.1) is 0 Å². The molecule has 0 saturated carbocycles. The number of rotatable bonds is 5. The third-order valence-electron chi connectivity index (χ3n) is 3.07. The topological polar surface area (TPSA) is 67.1 Å². The highest BCUT2D eigenvalue weighted by molar-refractivity contribution is 5.79. The number of hydrogen-bond acceptors (Lipinski definition) is 3. The van der Waals surface area contributed by atoms with E-state index in [-0.39, 0.29) is 0 Å². The number of pyridine rings is 1. The summed E-state index contributed by atoms with van der Waals surface area (Å²) in [5.41, 5.74) is 1.07. The highest BCUT2D eigenvalue weighted by atomic mass is 15.2. The summed E-state index contributed by atoms with van der Waals surface area (Å²) in [4.78, 5) is 13.3. The summed E-state index contributed by atoms with van der Waals surface area (Å²) in [6.07, 6.45) is 5.54. The van der Waals surface area contributed by atoms with Crippen molar-refractivity contribution in [2.75, 3.05) is 6.54 Å². The molecule has 6 nitrogen and oxygen atoms in total. The van der Waals surface area contributed by atoms with Crippen LogP contribution < -0.4 is 10.6 Å². The Bertz CT molecular complexity index is 612. The van der Waals surface area contributed by atoms with E-state index in [1.54, 1.807) is 6.20 Å². The molecule has 118 valence electrons. The van der Waals surface area contributed by atoms with Crippen LogP contribution in [0.5, 0.6) is 0 Å². The molecular formula is C16H24N6. The zero-order valence-electron chi connectivity index (χ0n) is 13.7. The molecule has 0 aliphatic carbocycles. The van der Waals surface area contributed by atoms with Crippen LogP contribution in [0.1, 0.15) is 32.2 Å². The monoisotopic (exact) mass is 300 g/mol. The Labute approximate surface area is 131 Å². The van der Waals surface area contributed by atoms with E-state index in [1.165, 1.54) is 0 Å². The molecule has 2 aromatic heterocycles. The van der Waals surface area contributed by atoms with Gasteiger partial charge in [-0.2, -0.15) is 0 Å². The van der Waals surface area contributed by atoms with E-state index in [4.69, 9.17) is 0 Å². The van der Waals surface area contributed by atoms with Crippen LogP contribution >= 0.6 is 0 Å². The second-order valence-corrected chi connectivity index (χ2v) is 5.36. The first-order valence-electron chi connectivity index (χ1n) is 7.60. The van der Waals surface area contributed by atoms with Crippen molar-refractivity contribution in [2.45, 2.75) is 40.3 Å². The fourth-order valence-corrected chi connectivity index (χ4v) is 2.04. The Kier molecular flexibility index (Phi) is 5.52. The lowest BCUT2D eigenvalue weighted by Crippen LogP contribution is -2.41. The van der Waals surface area contributed by atoms with Crippen molar-refractivity contribution in [1.29, 1.82) is 0 Å². The van der Waals surface area contributed by atoms with Crippen molar-refractivity contribution in [1.82, 2.24) is 25.2 Å². The molecule has 2 heterocycles. The first-order valence-corrected chi connectivity index (χ1v) is 7.60. The molecule has 2 N–H and O–H groups in total. The van der Waals surface area contributed by atoms with E-state index in [2.05, 4.69) is 46.4 Å². The summed E-state index contributed by atoms with van der Waals surface area (Å²) >= 11 is 0. The lowest BCUT2D eigenvalue weighted by atomic mass is 10.3.